The van der Waals surface area contributed by atoms with Crippen molar-refractivity contribution < 1.29 is 23.1 Å². The van der Waals surface area contributed by atoms with Crippen molar-refractivity contribution in [1.82, 2.24) is 0 Å². The molecule has 1 aliphatic rings. The number of hydrogen-bond donors (Lipinski definition) is 1. The zero-order valence-electron chi connectivity index (χ0n) is 10.8. The Labute approximate surface area is 111 Å². The Kier molecular flexibility index (Phi) is 2.93. The van der Waals surface area contributed by atoms with Crippen LogP contribution in [0.2, 0.25) is 0 Å². The van der Waals surface area contributed by atoms with Crippen LogP contribution in [0.5, 0.6) is 5.75 Å². The van der Waals surface area contributed by atoms with Crippen molar-refractivity contribution in [3.8, 4) is 5.75 Å². The summed E-state index contributed by atoms with van der Waals surface area (Å²) >= 11 is 0. The molecule has 1 N–H and O–H groups in total. The SMILES string of the molecule is COc1cccc2c1S(=O)(=O)C(C(C)(C)C(=O)O)=C2. The summed E-state index contributed by atoms with van der Waals surface area (Å²) in [7, 11) is -2.46. The molecule has 0 spiro atoms. The van der Waals surface area contributed by atoms with Crippen LogP contribution in [0.1, 0.15) is 19.4 Å². The van der Waals surface area contributed by atoms with Crippen LogP contribution in [0.25, 0.3) is 6.08 Å². The number of fused-ring (bicyclic) bond motifs is 1. The second-order valence-electron chi connectivity index (χ2n) is 4.82. The first-order chi connectivity index (χ1) is 8.72. The van der Waals surface area contributed by atoms with Gasteiger partial charge in [0.1, 0.15) is 10.6 Å². The molecule has 0 aromatic heterocycles. The zero-order chi connectivity index (χ0) is 14.4. The highest BCUT2D eigenvalue weighted by Gasteiger charge is 2.45. The van der Waals surface area contributed by atoms with Gasteiger partial charge < -0.3 is 9.84 Å². The number of hydrogen-bond acceptors (Lipinski definition) is 4. The van der Waals surface area contributed by atoms with E-state index in [1.54, 1.807) is 18.2 Å². The number of benzene rings is 1. The van der Waals surface area contributed by atoms with E-state index in [9.17, 15) is 18.3 Å². The van der Waals surface area contributed by atoms with Gasteiger partial charge in [0.05, 0.1) is 17.4 Å². The maximum absolute atomic E-state index is 12.5. The minimum Gasteiger partial charge on any atom is -0.495 e. The minimum atomic E-state index is -3.84. The number of carboxylic acids is 1. The van der Waals surface area contributed by atoms with Crippen LogP contribution in [-0.4, -0.2) is 26.6 Å². The predicted octanol–water partition coefficient (Wildman–Crippen LogP) is 1.93. The molecule has 1 heterocycles. The average Bonchev–Trinajstić information content (AvgIpc) is 2.61. The van der Waals surface area contributed by atoms with Crippen molar-refractivity contribution in [1.29, 1.82) is 0 Å². The molecule has 0 saturated carbocycles. The summed E-state index contributed by atoms with van der Waals surface area (Å²) in [5, 5.41) is 9.20. The second kappa shape index (κ2) is 4.09. The van der Waals surface area contributed by atoms with Crippen molar-refractivity contribution in [2.24, 2.45) is 5.41 Å². The smallest absolute Gasteiger partial charge is 0.314 e. The first kappa shape index (κ1) is 13.6. The third-order valence-electron chi connectivity index (χ3n) is 3.22. The molecular weight excluding hydrogens is 268 g/mol. The van der Waals surface area contributed by atoms with E-state index in [4.69, 9.17) is 4.74 Å². The van der Waals surface area contributed by atoms with Crippen LogP contribution in [-0.2, 0) is 14.6 Å². The Morgan fingerprint density at radius 2 is 1.95 bits per heavy atom. The van der Waals surface area contributed by atoms with E-state index in [-0.39, 0.29) is 15.6 Å². The van der Waals surface area contributed by atoms with Crippen molar-refractivity contribution in [3.63, 3.8) is 0 Å². The molecule has 6 heteroatoms. The number of rotatable bonds is 3. The largest absolute Gasteiger partial charge is 0.495 e. The number of ether oxygens (including phenoxy) is 1. The van der Waals surface area contributed by atoms with E-state index in [2.05, 4.69) is 0 Å². The molecule has 1 aliphatic heterocycles. The van der Waals surface area contributed by atoms with Crippen LogP contribution >= 0.6 is 0 Å². The summed E-state index contributed by atoms with van der Waals surface area (Å²) in [6.07, 6.45) is 1.40. The lowest BCUT2D eigenvalue weighted by molar-refractivity contribution is -0.144. The lowest BCUT2D eigenvalue weighted by Crippen LogP contribution is -2.29. The summed E-state index contributed by atoms with van der Waals surface area (Å²) < 4.78 is 30.1. The summed E-state index contributed by atoms with van der Waals surface area (Å²) in [6, 6.07) is 4.83. The first-order valence-corrected chi connectivity index (χ1v) is 7.09. The van der Waals surface area contributed by atoms with Crippen LogP contribution in [0.4, 0.5) is 0 Å². The number of sulfone groups is 1. The Morgan fingerprint density at radius 1 is 1.32 bits per heavy atom. The maximum Gasteiger partial charge on any atom is 0.314 e. The molecule has 1 aromatic rings. The molecule has 0 atom stereocenters. The highest BCUT2D eigenvalue weighted by Crippen LogP contribution is 2.45. The molecule has 5 nitrogen and oxygen atoms in total. The number of carbonyl (C=O) groups is 1. The molecule has 19 heavy (non-hydrogen) atoms. The summed E-state index contributed by atoms with van der Waals surface area (Å²) in [6.45, 7) is 2.74. The van der Waals surface area contributed by atoms with Crippen LogP contribution in [0, 0.1) is 5.41 Å². The molecule has 102 valence electrons. The zero-order valence-corrected chi connectivity index (χ0v) is 11.6. The van der Waals surface area contributed by atoms with Gasteiger partial charge in [-0.25, -0.2) is 8.42 Å². The molecule has 2 rings (SSSR count). The fourth-order valence-electron chi connectivity index (χ4n) is 2.05. The van der Waals surface area contributed by atoms with E-state index in [1.807, 2.05) is 0 Å². The van der Waals surface area contributed by atoms with Gasteiger partial charge in [-0.1, -0.05) is 12.1 Å². The number of carboxylic acid groups (broad SMARTS) is 1. The first-order valence-electron chi connectivity index (χ1n) is 5.60. The van der Waals surface area contributed by atoms with Gasteiger partial charge in [-0.2, -0.15) is 0 Å². The number of methoxy groups -OCH3 is 1. The second-order valence-corrected chi connectivity index (χ2v) is 6.68. The van der Waals surface area contributed by atoms with Crippen LogP contribution in [0.3, 0.4) is 0 Å². The van der Waals surface area contributed by atoms with Gasteiger partial charge in [0.15, 0.2) is 0 Å². The van der Waals surface area contributed by atoms with Gasteiger partial charge in [0, 0.05) is 0 Å². The van der Waals surface area contributed by atoms with Gasteiger partial charge in [0.2, 0.25) is 9.84 Å². The van der Waals surface area contributed by atoms with Crippen LogP contribution in [0.15, 0.2) is 28.0 Å². The highest BCUT2D eigenvalue weighted by atomic mass is 32.2. The quantitative estimate of drug-likeness (QED) is 0.916. The van der Waals surface area contributed by atoms with E-state index < -0.39 is 21.2 Å². The van der Waals surface area contributed by atoms with E-state index in [0.717, 1.165) is 0 Å². The summed E-state index contributed by atoms with van der Waals surface area (Å²) in [5.74, 6) is -0.959. The average molecular weight is 282 g/mol. The van der Waals surface area contributed by atoms with Crippen molar-refractivity contribution in [3.05, 3.63) is 28.7 Å². The van der Waals surface area contributed by atoms with Gasteiger partial charge in [-0.3, -0.25) is 4.79 Å². The third kappa shape index (κ3) is 1.83. The molecule has 0 aliphatic carbocycles. The Balaban J connectivity index is 2.71. The van der Waals surface area contributed by atoms with Gasteiger partial charge in [-0.15, -0.1) is 0 Å². The number of aliphatic carboxylic acids is 1. The topological polar surface area (TPSA) is 80.7 Å². The fraction of sp³-hybridized carbons (Fsp3) is 0.308. The Morgan fingerprint density at radius 3 is 2.47 bits per heavy atom. The van der Waals surface area contributed by atoms with Gasteiger partial charge >= 0.3 is 5.97 Å². The maximum atomic E-state index is 12.5. The minimum absolute atomic E-state index is 0.0434. The molecule has 0 bridgehead atoms. The molecule has 0 saturated heterocycles. The van der Waals surface area contributed by atoms with E-state index in [1.165, 1.54) is 27.0 Å². The van der Waals surface area contributed by atoms with Gasteiger partial charge in [0.25, 0.3) is 0 Å². The van der Waals surface area contributed by atoms with E-state index in [0.29, 0.717) is 5.56 Å². The lowest BCUT2D eigenvalue weighted by Gasteiger charge is -2.20. The monoisotopic (exact) mass is 282 g/mol. The standard InChI is InChI=1S/C13H14O5S/c1-13(2,12(14)15)10-7-8-5-4-6-9(18-3)11(8)19(10,16)17/h4-7H,1-3H3,(H,14,15). The molecule has 1 aromatic carbocycles. The van der Waals surface area contributed by atoms with Gasteiger partial charge in [-0.05, 0) is 31.6 Å². The molecular formula is C13H14O5S. The molecule has 0 unspecified atom stereocenters. The normalized spacial score (nSPS) is 16.7. The molecule has 0 amide bonds. The van der Waals surface area contributed by atoms with Crippen molar-refractivity contribution in [2.75, 3.05) is 7.11 Å². The molecule has 0 fully saturated rings. The highest BCUT2D eigenvalue weighted by molar-refractivity contribution is 7.96. The fourth-order valence-corrected chi connectivity index (χ4v) is 4.16. The third-order valence-corrected chi connectivity index (χ3v) is 5.41. The van der Waals surface area contributed by atoms with Crippen molar-refractivity contribution >= 4 is 21.9 Å². The summed E-state index contributed by atoms with van der Waals surface area (Å²) in [5.41, 5.74) is -1.02. The summed E-state index contributed by atoms with van der Waals surface area (Å²) in [4.78, 5) is 11.2. The van der Waals surface area contributed by atoms with Crippen LogP contribution < -0.4 is 4.74 Å². The Bertz CT molecular complexity index is 683. The molecule has 0 radical (unpaired) electrons. The predicted molar refractivity (Wildman–Crippen MR) is 69.6 cm³/mol. The van der Waals surface area contributed by atoms with Crippen molar-refractivity contribution in [2.45, 2.75) is 18.7 Å². The lowest BCUT2D eigenvalue weighted by atomic mass is 9.92. The Hall–Kier alpha value is -1.82. The van der Waals surface area contributed by atoms with E-state index >= 15 is 0 Å².